The summed E-state index contributed by atoms with van der Waals surface area (Å²) in [5, 5.41) is 116. The number of aliphatic carboxylic acids is 3. The number of carboxylic acids is 3. The Morgan fingerprint density at radius 1 is 0.667 bits per heavy atom. The quantitative estimate of drug-likeness (QED) is 0.00395. The molecule has 1 aromatic heterocycles. The number of non-ortho nitro benzene ring substituents is 2. The maximum absolute atomic E-state index is 12.8. The van der Waals surface area contributed by atoms with Crippen LogP contribution in [0.1, 0.15) is 146 Å². The van der Waals surface area contributed by atoms with Crippen LogP contribution in [0.25, 0.3) is 10.4 Å². The van der Waals surface area contributed by atoms with E-state index < -0.39 is 137 Å². The summed E-state index contributed by atoms with van der Waals surface area (Å²) in [6.45, 7) is 19.2. The first kappa shape index (κ1) is 92.3. The van der Waals surface area contributed by atoms with Gasteiger partial charge in [0.2, 0.25) is 0 Å². The molecule has 0 aliphatic carbocycles. The number of aliphatic hydroxyl groups is 1. The predicted octanol–water partition coefficient (Wildman–Crippen LogP) is 7.24. The van der Waals surface area contributed by atoms with Crippen LogP contribution in [0, 0.1) is 68.3 Å². The zero-order chi connectivity index (χ0) is 78.5. The number of benzene rings is 2. The number of azide groups is 1. The summed E-state index contributed by atoms with van der Waals surface area (Å²) in [4.78, 5) is 152. The molecule has 43 nitrogen and oxygen atoms in total. The highest BCUT2D eigenvalue weighted by Crippen LogP contribution is 2.38. The topological polar surface area (TPSA) is 630 Å². The highest BCUT2D eigenvalue weighted by molar-refractivity contribution is 5.87. The van der Waals surface area contributed by atoms with Gasteiger partial charge in [0.05, 0.1) is 62.2 Å². The largest absolute Gasteiger partial charge is 0.481 e. The minimum Gasteiger partial charge on any atom is -0.481 e. The lowest BCUT2D eigenvalue weighted by Gasteiger charge is -2.32. The number of anilines is 2. The van der Waals surface area contributed by atoms with Crippen molar-refractivity contribution in [3.05, 3.63) is 103 Å². The number of hydrogen-bond acceptors (Lipinski definition) is 28. The number of carboxylic acid groups (broad SMARTS) is 3. The smallest absolute Gasteiger partial charge is 0.373 e. The fourth-order valence-electron chi connectivity index (χ4n) is 8.07. The number of rotatable bonds is 38. The number of aryl methyl sites for hydroxylation is 1. The Kier molecular flexibility index (Phi) is 43.5. The number of aliphatic hydroxyl groups excluding tert-OH is 1. The second-order valence-corrected chi connectivity index (χ2v) is 24.2. The Balaban J connectivity index is 0. The van der Waals surface area contributed by atoms with E-state index in [9.17, 15) is 89.2 Å². The number of nitro groups is 5. The highest BCUT2D eigenvalue weighted by atomic mass is 16.6. The number of nitro benzene ring substituents is 5. The molecule has 3 aromatic rings. The van der Waals surface area contributed by atoms with Gasteiger partial charge in [-0.2, -0.15) is 9.59 Å². The number of aromatic nitrogens is 3. The number of urea groups is 2. The maximum atomic E-state index is 12.8. The van der Waals surface area contributed by atoms with Crippen LogP contribution >= 0.6 is 0 Å². The van der Waals surface area contributed by atoms with E-state index in [1.165, 1.54) is 16.8 Å². The minimum atomic E-state index is -1.49. The van der Waals surface area contributed by atoms with Crippen LogP contribution in [-0.4, -0.2) is 176 Å². The number of nitrogens with zero attached hydrogens (tertiary/aromatic N) is 11. The van der Waals surface area contributed by atoms with Crippen LogP contribution in [-0.2, 0) is 60.9 Å². The van der Waals surface area contributed by atoms with Crippen LogP contribution in [0.4, 0.5) is 49.4 Å². The van der Waals surface area contributed by atoms with Gasteiger partial charge in [-0.25, -0.2) is 24.0 Å². The molecule has 0 spiro atoms. The summed E-state index contributed by atoms with van der Waals surface area (Å²) in [7, 11) is 0. The first-order chi connectivity index (χ1) is 47.5. The number of carbonyl (C=O) groups is 7. The van der Waals surface area contributed by atoms with E-state index in [-0.39, 0.29) is 74.4 Å². The summed E-state index contributed by atoms with van der Waals surface area (Å²) in [5.41, 5.74) is 3.84. The molecule has 4 amide bonds. The van der Waals surface area contributed by atoms with Gasteiger partial charge in [0, 0.05) is 62.6 Å². The molecule has 0 radical (unpaired) electrons. The van der Waals surface area contributed by atoms with Gasteiger partial charge in [0.15, 0.2) is 5.69 Å². The lowest BCUT2D eigenvalue weighted by atomic mass is 9.84. The number of carbonyl (C=O) groups excluding carboxylic acids is 6. The second kappa shape index (κ2) is 48.1. The highest BCUT2D eigenvalue weighted by Gasteiger charge is 2.33. The normalized spacial score (nSPS) is 11.7. The summed E-state index contributed by atoms with van der Waals surface area (Å²) in [5.74, 6) is -2.82. The minimum absolute atomic E-state index is 0.0381. The van der Waals surface area contributed by atoms with Crippen LogP contribution in [0.3, 0.4) is 0 Å². The zero-order valence-electron chi connectivity index (χ0n) is 57.8. The molecule has 0 bridgehead atoms. The fraction of sp³-hybridized carbons (Fsp3) is 0.593. The maximum Gasteiger partial charge on any atom is 0.373 e. The van der Waals surface area contributed by atoms with Crippen molar-refractivity contribution in [1.82, 2.24) is 36.3 Å². The molecule has 4 atom stereocenters. The average molecular weight is 1450 g/mol. The van der Waals surface area contributed by atoms with Crippen LogP contribution in [0.2, 0.25) is 0 Å². The molecule has 2 aromatic carbocycles. The molecule has 0 aliphatic heterocycles. The fourth-order valence-corrected chi connectivity index (χ4v) is 8.07. The third kappa shape index (κ3) is 41.5. The number of terminal acetylenes is 1. The Morgan fingerprint density at radius 3 is 1.65 bits per heavy atom. The number of hydrogen-bond donors (Lipinski definition) is 10. The van der Waals surface area contributed by atoms with E-state index in [1.54, 1.807) is 54.7 Å². The van der Waals surface area contributed by atoms with E-state index in [0.717, 1.165) is 18.9 Å². The third-order valence-corrected chi connectivity index (χ3v) is 12.6. The Morgan fingerprint density at radius 2 is 1.17 bits per heavy atom. The first-order valence-corrected chi connectivity index (χ1v) is 30.8. The predicted molar refractivity (Wildman–Crippen MR) is 357 cm³/mol. The van der Waals surface area contributed by atoms with Gasteiger partial charge < -0.3 is 66.5 Å². The van der Waals surface area contributed by atoms with E-state index in [4.69, 9.17) is 44.7 Å². The molecule has 564 valence electrons. The molecular weight excluding hydrogens is 1360 g/mol. The third-order valence-electron chi connectivity index (χ3n) is 12.6. The Hall–Kier alpha value is -11.8. The van der Waals surface area contributed by atoms with Crippen molar-refractivity contribution in [2.45, 2.75) is 188 Å². The molecular formula is C59H87N17O26. The number of nitrogens with one attached hydrogen (secondary N) is 6. The van der Waals surface area contributed by atoms with Gasteiger partial charge >= 0.3 is 59.4 Å². The molecule has 0 aliphatic rings. The summed E-state index contributed by atoms with van der Waals surface area (Å²) in [6, 6.07) is -0.953. The Labute approximate surface area is 582 Å². The summed E-state index contributed by atoms with van der Waals surface area (Å²) >= 11 is 0. The molecule has 3 rings (SSSR count). The van der Waals surface area contributed by atoms with Crippen LogP contribution < -0.4 is 31.9 Å². The van der Waals surface area contributed by atoms with E-state index in [1.807, 2.05) is 20.8 Å². The molecule has 43 heteroatoms. The molecule has 10 N–H and O–H groups in total. The van der Waals surface area contributed by atoms with Gasteiger partial charge in [0.1, 0.15) is 40.7 Å². The summed E-state index contributed by atoms with van der Waals surface area (Å²) in [6.07, 6.45) is 9.18. The van der Waals surface area contributed by atoms with E-state index >= 15 is 0 Å². The molecule has 0 saturated heterocycles. The lowest BCUT2D eigenvalue weighted by molar-refractivity contribution is -0.401. The SMILES string of the molecule is C#CC.CC(C)(C)OC(=O)CC[C@H](NC(=O)N[C@@H](CCCCN=[N+]=[N-])C(C)(C)C)C(=O)OC(C)(C)C.O=C(O)CC[C@H](NC(=O)N[C@@H](CCCCn1cc(COCCCNc2ccc([N+](=O)[O-])cc2[N+](=O)[O-])nn1)C(=O)O)C(=O)O.O=C=O.O=[N+]([O-])c1cc([N+](=O)[O-])c(NCCO)c([N+](=O)[O-])c1. The van der Waals surface area contributed by atoms with Gasteiger partial charge in [-0.1, -0.05) is 37.5 Å². The van der Waals surface area contributed by atoms with Crippen LogP contribution in [0.5, 0.6) is 0 Å². The van der Waals surface area contributed by atoms with Crippen molar-refractivity contribution in [3.8, 4) is 12.3 Å². The molecule has 0 saturated carbocycles. The number of ether oxygens (including phenoxy) is 3. The van der Waals surface area contributed by atoms with Crippen LogP contribution in [0.15, 0.2) is 41.6 Å². The summed E-state index contributed by atoms with van der Waals surface area (Å²) < 4.78 is 17.8. The van der Waals surface area contributed by atoms with Gasteiger partial charge in [-0.05, 0) is 117 Å². The first-order valence-electron chi connectivity index (χ1n) is 30.8. The van der Waals surface area contributed by atoms with E-state index in [0.29, 0.717) is 63.1 Å². The van der Waals surface area contributed by atoms with E-state index in [2.05, 4.69) is 64.6 Å². The van der Waals surface area contributed by atoms with Crippen molar-refractivity contribution in [3.63, 3.8) is 0 Å². The lowest BCUT2D eigenvalue weighted by Crippen LogP contribution is -2.53. The number of amides is 4. The van der Waals surface area contributed by atoms with Gasteiger partial charge in [-0.3, -0.25) is 64.8 Å². The average Bonchev–Trinajstić information content (AvgIpc) is 0.907. The molecule has 0 unspecified atom stereocenters. The standard InChI is InChI=1S/C24H32N8O12.C23H43N5O5.C8H8N4O7.C3H4.CO2/c33-21(34)8-7-19(23(37)38)27-24(39)26-18(22(35)36)4-1-2-10-30-13-15(28-29-30)14-44-11-3-9-25-17-6-5-16(31(40)41)12-20(17)32(42)43;1-21(2,3)17(12-10-11-15-25-28-24)27-20(31)26-16(19(30)33-23(7,8)9)13-14-18(29)32-22(4,5)6;13-2-1-9-8-6(11(16)17)3-5(10(14)15)4-7(8)12(18)19;1-3-2;2-1-3/h5-6,12-13,18-19,25H,1-4,7-11,14H2,(H,33,34)(H,35,36)(H,37,38)(H2,26,27,39);16-17H,10-15H2,1-9H3,(H2,26,27,31);3-4,9,13H,1-2H2;1H,2H3;/t18-,19-;16-,17-;;;/m00.../s1. The van der Waals surface area contributed by atoms with Crippen molar-refractivity contribution in [1.29, 1.82) is 0 Å². The monoisotopic (exact) mass is 1450 g/mol. The molecule has 102 heavy (non-hydrogen) atoms. The van der Waals surface area contributed by atoms with Crippen molar-refractivity contribution >= 4 is 87.9 Å². The molecule has 1 heterocycles. The van der Waals surface area contributed by atoms with Gasteiger partial charge in [0.25, 0.3) is 17.1 Å². The van der Waals surface area contributed by atoms with Crippen molar-refractivity contribution < 1.29 is 102 Å². The Bertz CT molecular complexity index is 3380. The van der Waals surface area contributed by atoms with Crippen molar-refractivity contribution in [2.75, 3.05) is 43.5 Å². The van der Waals surface area contributed by atoms with Crippen molar-refractivity contribution in [2.24, 2.45) is 10.5 Å². The zero-order valence-corrected chi connectivity index (χ0v) is 57.8. The number of esters is 2. The second-order valence-electron chi connectivity index (χ2n) is 24.2. The van der Waals surface area contributed by atoms with Gasteiger partial charge in [-0.15, -0.1) is 17.4 Å². The molecule has 0 fully saturated rings. The number of unbranched alkanes of at least 4 members (excludes halogenated alkanes) is 2.